The fourth-order valence-electron chi connectivity index (χ4n) is 4.08. The van der Waals surface area contributed by atoms with E-state index in [1.165, 1.54) is 28.6 Å². The van der Waals surface area contributed by atoms with Gasteiger partial charge in [-0.15, -0.1) is 0 Å². The molecule has 7 nitrogen and oxygen atoms in total. The molecule has 8 heteroatoms. The molecule has 3 aromatic rings. The minimum atomic E-state index is -3.65. The summed E-state index contributed by atoms with van der Waals surface area (Å²) in [5.41, 5.74) is 2.39. The number of para-hydroxylation sites is 1. The number of carbonyl (C=O) groups excluding carboxylic acids is 1. The summed E-state index contributed by atoms with van der Waals surface area (Å²) >= 11 is 0. The van der Waals surface area contributed by atoms with Crippen LogP contribution in [0.15, 0.2) is 83.8 Å². The molecule has 0 unspecified atom stereocenters. The first kappa shape index (κ1) is 24.5. The Labute approximate surface area is 206 Å². The number of hydrogen-bond donors (Lipinski definition) is 1. The summed E-state index contributed by atoms with van der Waals surface area (Å²) in [5, 5.41) is 11.9. The minimum Gasteiger partial charge on any atom is -0.489 e. The number of ether oxygens (including phenoxy) is 1. The molecule has 0 atom stereocenters. The minimum absolute atomic E-state index is 0.0702. The molecule has 1 heterocycles. The maximum absolute atomic E-state index is 12.9. The predicted octanol–water partition coefficient (Wildman–Crippen LogP) is 3.85. The quantitative estimate of drug-likeness (QED) is 0.518. The first-order chi connectivity index (χ1) is 17.0. The van der Waals surface area contributed by atoms with E-state index in [9.17, 15) is 13.2 Å². The van der Waals surface area contributed by atoms with Crippen molar-refractivity contribution < 1.29 is 17.9 Å². The van der Waals surface area contributed by atoms with E-state index >= 15 is 0 Å². The summed E-state index contributed by atoms with van der Waals surface area (Å²) in [6.45, 7) is 1.35. The van der Waals surface area contributed by atoms with Gasteiger partial charge in [-0.3, -0.25) is 4.79 Å². The standard InChI is InChI=1S/C27H27N3O4S/c28-18-21-10-12-26(13-11-21)35(32,33)30-16-14-22(15-17-30)27(31)29-19-23-6-4-5-7-24(23)20-34-25-8-2-1-3-9-25/h1-13,22H,14-17,19-20H2,(H,29,31). The highest BCUT2D eigenvalue weighted by Gasteiger charge is 2.32. The molecule has 1 aliphatic heterocycles. The molecule has 0 aromatic heterocycles. The second kappa shape index (κ2) is 11.2. The van der Waals surface area contributed by atoms with Gasteiger partial charge >= 0.3 is 0 Å². The van der Waals surface area contributed by atoms with Crippen LogP contribution in [-0.4, -0.2) is 31.7 Å². The molecule has 0 aliphatic carbocycles. The Morgan fingerprint density at radius 1 is 0.943 bits per heavy atom. The van der Waals surface area contributed by atoms with Gasteiger partial charge < -0.3 is 10.1 Å². The lowest BCUT2D eigenvalue weighted by Gasteiger charge is -2.30. The summed E-state index contributed by atoms with van der Waals surface area (Å²) in [4.78, 5) is 13.0. The number of sulfonamides is 1. The van der Waals surface area contributed by atoms with Crippen LogP contribution in [0, 0.1) is 17.2 Å². The first-order valence-electron chi connectivity index (χ1n) is 11.5. The van der Waals surface area contributed by atoms with Crippen LogP contribution in [0.2, 0.25) is 0 Å². The lowest BCUT2D eigenvalue weighted by Crippen LogP contribution is -2.42. The largest absolute Gasteiger partial charge is 0.489 e. The van der Waals surface area contributed by atoms with Crippen LogP contribution < -0.4 is 10.1 Å². The van der Waals surface area contributed by atoms with Crippen LogP contribution >= 0.6 is 0 Å². The fourth-order valence-corrected chi connectivity index (χ4v) is 5.55. The van der Waals surface area contributed by atoms with Gasteiger partial charge in [-0.2, -0.15) is 9.57 Å². The highest BCUT2D eigenvalue weighted by molar-refractivity contribution is 7.89. The van der Waals surface area contributed by atoms with Gasteiger partial charge in [-0.05, 0) is 60.4 Å². The molecule has 35 heavy (non-hydrogen) atoms. The molecule has 0 saturated carbocycles. The van der Waals surface area contributed by atoms with E-state index in [4.69, 9.17) is 10.00 Å². The molecular weight excluding hydrogens is 462 g/mol. The first-order valence-corrected chi connectivity index (χ1v) is 12.9. The summed E-state index contributed by atoms with van der Waals surface area (Å²) in [6.07, 6.45) is 0.917. The molecular formula is C27H27N3O4S. The normalized spacial score (nSPS) is 14.7. The van der Waals surface area contributed by atoms with Crippen molar-refractivity contribution in [3.05, 3.63) is 95.6 Å². The van der Waals surface area contributed by atoms with Gasteiger partial charge in [0.15, 0.2) is 0 Å². The van der Waals surface area contributed by atoms with Crippen molar-refractivity contribution in [2.75, 3.05) is 13.1 Å². The van der Waals surface area contributed by atoms with E-state index in [2.05, 4.69) is 5.32 Å². The second-order valence-electron chi connectivity index (χ2n) is 8.40. The molecule has 0 radical (unpaired) electrons. The van der Waals surface area contributed by atoms with Crippen molar-refractivity contribution in [1.29, 1.82) is 5.26 Å². The zero-order valence-corrected chi connectivity index (χ0v) is 20.1. The highest BCUT2D eigenvalue weighted by atomic mass is 32.2. The lowest BCUT2D eigenvalue weighted by molar-refractivity contribution is -0.126. The number of nitriles is 1. The summed E-state index contributed by atoms with van der Waals surface area (Å²) in [6, 6.07) is 25.3. The van der Waals surface area contributed by atoms with E-state index in [1.54, 1.807) is 0 Å². The van der Waals surface area contributed by atoms with Gasteiger partial charge in [0.2, 0.25) is 15.9 Å². The number of nitrogens with one attached hydrogen (secondary N) is 1. The maximum Gasteiger partial charge on any atom is 0.243 e. The van der Waals surface area contributed by atoms with Gasteiger partial charge in [0.05, 0.1) is 16.5 Å². The van der Waals surface area contributed by atoms with Gasteiger partial charge in [-0.1, -0.05) is 42.5 Å². The number of piperidine rings is 1. The summed E-state index contributed by atoms with van der Waals surface area (Å²) in [5.74, 6) is 0.475. The molecule has 1 fully saturated rings. The zero-order valence-electron chi connectivity index (χ0n) is 19.3. The van der Waals surface area contributed by atoms with Crippen molar-refractivity contribution >= 4 is 15.9 Å². The van der Waals surface area contributed by atoms with E-state index in [0.29, 0.717) is 31.6 Å². The molecule has 180 valence electrons. The van der Waals surface area contributed by atoms with Crippen LogP contribution in [0.25, 0.3) is 0 Å². The van der Waals surface area contributed by atoms with E-state index < -0.39 is 10.0 Å². The van der Waals surface area contributed by atoms with Gasteiger partial charge in [-0.25, -0.2) is 8.42 Å². The topological polar surface area (TPSA) is 99.5 Å². The van der Waals surface area contributed by atoms with Gasteiger partial charge in [0.1, 0.15) is 12.4 Å². The SMILES string of the molecule is N#Cc1ccc(S(=O)(=O)N2CCC(C(=O)NCc3ccccc3COc3ccccc3)CC2)cc1. The maximum atomic E-state index is 12.9. The van der Waals surface area contributed by atoms with Crippen molar-refractivity contribution in [3.63, 3.8) is 0 Å². The van der Waals surface area contributed by atoms with E-state index in [1.807, 2.05) is 60.7 Å². The molecule has 0 bridgehead atoms. The number of amides is 1. The zero-order chi connectivity index (χ0) is 24.7. The van der Waals surface area contributed by atoms with Crippen LogP contribution in [0.5, 0.6) is 5.75 Å². The monoisotopic (exact) mass is 489 g/mol. The number of benzene rings is 3. The Kier molecular flexibility index (Phi) is 7.80. The van der Waals surface area contributed by atoms with E-state index in [-0.39, 0.29) is 29.8 Å². The van der Waals surface area contributed by atoms with Crippen molar-refractivity contribution in [2.24, 2.45) is 5.92 Å². The lowest BCUT2D eigenvalue weighted by atomic mass is 9.97. The Morgan fingerprint density at radius 2 is 1.57 bits per heavy atom. The molecule has 0 spiro atoms. The Bertz CT molecular complexity index is 1290. The third-order valence-electron chi connectivity index (χ3n) is 6.15. The summed E-state index contributed by atoms with van der Waals surface area (Å²) in [7, 11) is -3.65. The number of hydrogen-bond acceptors (Lipinski definition) is 5. The Balaban J connectivity index is 1.30. The Hall–Kier alpha value is -3.67. The third kappa shape index (κ3) is 6.07. The molecule has 1 aliphatic rings. The third-order valence-corrected chi connectivity index (χ3v) is 8.07. The van der Waals surface area contributed by atoms with Crippen molar-refractivity contribution in [2.45, 2.75) is 30.9 Å². The molecule has 1 amide bonds. The summed E-state index contributed by atoms with van der Waals surface area (Å²) < 4.78 is 33.1. The van der Waals surface area contributed by atoms with Crippen molar-refractivity contribution in [3.8, 4) is 11.8 Å². The van der Waals surface area contributed by atoms with E-state index in [0.717, 1.165) is 16.9 Å². The fraction of sp³-hybridized carbons (Fsp3) is 0.259. The van der Waals surface area contributed by atoms with Crippen LogP contribution in [-0.2, 0) is 28.0 Å². The van der Waals surface area contributed by atoms with Crippen LogP contribution in [0.3, 0.4) is 0 Å². The van der Waals surface area contributed by atoms with Gasteiger partial charge in [0, 0.05) is 25.6 Å². The predicted molar refractivity (Wildman–Crippen MR) is 132 cm³/mol. The molecule has 3 aromatic carbocycles. The van der Waals surface area contributed by atoms with Crippen LogP contribution in [0.1, 0.15) is 29.5 Å². The Morgan fingerprint density at radius 3 is 2.23 bits per heavy atom. The van der Waals surface area contributed by atoms with Crippen molar-refractivity contribution in [1.82, 2.24) is 9.62 Å². The second-order valence-corrected chi connectivity index (χ2v) is 10.3. The smallest absolute Gasteiger partial charge is 0.243 e. The average Bonchev–Trinajstić information content (AvgIpc) is 2.91. The number of rotatable bonds is 8. The molecule has 4 rings (SSSR count). The average molecular weight is 490 g/mol. The van der Waals surface area contributed by atoms with Gasteiger partial charge in [0.25, 0.3) is 0 Å². The number of nitrogens with zero attached hydrogens (tertiary/aromatic N) is 2. The molecule has 1 saturated heterocycles. The van der Waals surface area contributed by atoms with Crippen LogP contribution in [0.4, 0.5) is 0 Å². The highest BCUT2D eigenvalue weighted by Crippen LogP contribution is 2.24. The molecule has 1 N–H and O–H groups in total. The number of carbonyl (C=O) groups is 1.